The zero-order chi connectivity index (χ0) is 17.6. The maximum Gasteiger partial charge on any atom is 0.511 e. The molecule has 0 aromatic heterocycles. The average molecular weight is 335 g/mol. The van der Waals surface area contributed by atoms with Crippen LogP contribution >= 0.6 is 0 Å². The Kier molecular flexibility index (Phi) is 11.0. The number of unbranched alkanes of at least 4 members (excludes halogenated alkanes) is 8. The zero-order valence-corrected chi connectivity index (χ0v) is 15.5. The Balaban J connectivity index is 2.48. The lowest BCUT2D eigenvalue weighted by atomic mass is 9.96. The Labute approximate surface area is 147 Å². The normalized spacial score (nSPS) is 10.8. The first-order chi connectivity index (χ1) is 11.7. The fraction of sp³-hybridized carbons (Fsp3) is 0.667. The molecular formula is C21H34O3. The van der Waals surface area contributed by atoms with Crippen molar-refractivity contribution < 1.29 is 14.6 Å². The lowest BCUT2D eigenvalue weighted by Gasteiger charge is -2.13. The van der Waals surface area contributed by atoms with E-state index in [0.29, 0.717) is 5.75 Å². The molecule has 0 amide bonds. The van der Waals surface area contributed by atoms with Crippen LogP contribution in [0.4, 0.5) is 4.79 Å². The third kappa shape index (κ3) is 8.37. The minimum Gasteiger partial charge on any atom is -0.449 e. The Bertz CT molecular complexity index is 468. The zero-order valence-electron chi connectivity index (χ0n) is 15.5. The van der Waals surface area contributed by atoms with E-state index in [4.69, 9.17) is 9.84 Å². The summed E-state index contributed by atoms with van der Waals surface area (Å²) < 4.78 is 4.98. The molecule has 136 valence electrons. The summed E-state index contributed by atoms with van der Waals surface area (Å²) in [5.74, 6) is 0.521. The monoisotopic (exact) mass is 334 g/mol. The van der Waals surface area contributed by atoms with Gasteiger partial charge < -0.3 is 9.84 Å². The Morgan fingerprint density at radius 1 is 0.875 bits per heavy atom. The van der Waals surface area contributed by atoms with Crippen LogP contribution in [0, 0.1) is 0 Å². The molecule has 0 bridgehead atoms. The molecule has 0 aliphatic carbocycles. The summed E-state index contributed by atoms with van der Waals surface area (Å²) in [6.07, 6.45) is 13.3. The van der Waals surface area contributed by atoms with E-state index >= 15 is 0 Å². The molecule has 1 N–H and O–H groups in total. The van der Waals surface area contributed by atoms with Gasteiger partial charge in [-0.05, 0) is 42.9 Å². The van der Waals surface area contributed by atoms with Crippen molar-refractivity contribution in [3.63, 3.8) is 0 Å². The fourth-order valence-electron chi connectivity index (χ4n) is 3.12. The number of ether oxygens (including phenoxy) is 1. The standard InChI is InChI=1S/C21H34O3/c1-3-5-7-8-9-10-11-12-14-18-15-13-17-20(24-21(22)23)19(18)16-6-4-2/h13,15,17H,3-12,14,16H2,1-2H3,(H,22,23). The second-order valence-corrected chi connectivity index (χ2v) is 6.59. The molecule has 0 unspecified atom stereocenters. The molecule has 0 radical (unpaired) electrons. The highest BCUT2D eigenvalue weighted by atomic mass is 16.7. The largest absolute Gasteiger partial charge is 0.511 e. The van der Waals surface area contributed by atoms with Gasteiger partial charge in [-0.2, -0.15) is 0 Å². The van der Waals surface area contributed by atoms with E-state index in [9.17, 15) is 4.79 Å². The molecular weight excluding hydrogens is 300 g/mol. The minimum absolute atomic E-state index is 0.521. The molecule has 0 aliphatic rings. The van der Waals surface area contributed by atoms with E-state index in [2.05, 4.69) is 19.9 Å². The Hall–Kier alpha value is -1.51. The first kappa shape index (κ1) is 20.5. The van der Waals surface area contributed by atoms with E-state index in [-0.39, 0.29) is 0 Å². The average Bonchev–Trinajstić information content (AvgIpc) is 2.56. The molecule has 0 spiro atoms. The predicted molar refractivity (Wildman–Crippen MR) is 100 cm³/mol. The lowest BCUT2D eigenvalue weighted by molar-refractivity contribution is 0.144. The van der Waals surface area contributed by atoms with Gasteiger partial charge in [0.05, 0.1) is 0 Å². The van der Waals surface area contributed by atoms with E-state index < -0.39 is 6.16 Å². The summed E-state index contributed by atoms with van der Waals surface area (Å²) >= 11 is 0. The number of aryl methyl sites for hydroxylation is 1. The summed E-state index contributed by atoms with van der Waals surface area (Å²) in [4.78, 5) is 10.9. The molecule has 3 nitrogen and oxygen atoms in total. The number of benzene rings is 1. The number of carboxylic acid groups (broad SMARTS) is 1. The van der Waals surface area contributed by atoms with E-state index in [1.54, 1.807) is 6.07 Å². The molecule has 1 rings (SSSR count). The van der Waals surface area contributed by atoms with Gasteiger partial charge in [0.15, 0.2) is 0 Å². The van der Waals surface area contributed by atoms with Gasteiger partial charge in [0.2, 0.25) is 0 Å². The van der Waals surface area contributed by atoms with Gasteiger partial charge in [-0.15, -0.1) is 0 Å². The van der Waals surface area contributed by atoms with Gasteiger partial charge >= 0.3 is 6.16 Å². The van der Waals surface area contributed by atoms with Crippen molar-refractivity contribution in [2.75, 3.05) is 0 Å². The van der Waals surface area contributed by atoms with Gasteiger partial charge in [0, 0.05) is 0 Å². The molecule has 0 atom stereocenters. The van der Waals surface area contributed by atoms with Crippen LogP contribution in [-0.4, -0.2) is 11.3 Å². The fourth-order valence-corrected chi connectivity index (χ4v) is 3.12. The van der Waals surface area contributed by atoms with Crippen LogP contribution in [0.15, 0.2) is 18.2 Å². The quantitative estimate of drug-likeness (QED) is 0.246. The first-order valence-corrected chi connectivity index (χ1v) is 9.70. The molecule has 0 heterocycles. The maximum absolute atomic E-state index is 10.9. The summed E-state index contributed by atoms with van der Waals surface area (Å²) in [6, 6.07) is 5.81. The maximum atomic E-state index is 10.9. The number of rotatable bonds is 13. The second kappa shape index (κ2) is 12.9. The minimum atomic E-state index is -1.23. The van der Waals surface area contributed by atoms with Crippen molar-refractivity contribution in [3.05, 3.63) is 29.3 Å². The Morgan fingerprint density at radius 3 is 2.12 bits per heavy atom. The van der Waals surface area contributed by atoms with Crippen LogP contribution in [0.3, 0.4) is 0 Å². The van der Waals surface area contributed by atoms with Crippen molar-refractivity contribution in [2.45, 2.75) is 90.9 Å². The van der Waals surface area contributed by atoms with Crippen LogP contribution in [-0.2, 0) is 12.8 Å². The van der Waals surface area contributed by atoms with Gasteiger partial charge in [0.25, 0.3) is 0 Å². The number of hydrogen-bond donors (Lipinski definition) is 1. The molecule has 1 aromatic rings. The van der Waals surface area contributed by atoms with Crippen LogP contribution < -0.4 is 4.74 Å². The SMILES string of the molecule is CCCCCCCCCCc1cccc(OC(=O)O)c1CCCC. The molecule has 0 aliphatic heterocycles. The summed E-state index contributed by atoms with van der Waals surface area (Å²) in [7, 11) is 0. The second-order valence-electron chi connectivity index (χ2n) is 6.59. The topological polar surface area (TPSA) is 46.5 Å². The smallest absolute Gasteiger partial charge is 0.449 e. The van der Waals surface area contributed by atoms with Gasteiger partial charge in [-0.1, -0.05) is 77.3 Å². The van der Waals surface area contributed by atoms with Gasteiger partial charge in [-0.25, -0.2) is 4.79 Å². The van der Waals surface area contributed by atoms with Gasteiger partial charge in [0.1, 0.15) is 5.75 Å². The molecule has 3 heteroatoms. The number of hydrogen-bond acceptors (Lipinski definition) is 2. The molecule has 24 heavy (non-hydrogen) atoms. The highest BCUT2D eigenvalue weighted by Gasteiger charge is 2.12. The third-order valence-electron chi connectivity index (χ3n) is 4.51. The summed E-state index contributed by atoms with van der Waals surface area (Å²) in [6.45, 7) is 4.40. The van der Waals surface area contributed by atoms with Crippen LogP contribution in [0.2, 0.25) is 0 Å². The highest BCUT2D eigenvalue weighted by Crippen LogP contribution is 2.26. The lowest BCUT2D eigenvalue weighted by Crippen LogP contribution is -2.07. The van der Waals surface area contributed by atoms with Crippen molar-refractivity contribution >= 4 is 6.16 Å². The highest BCUT2D eigenvalue weighted by molar-refractivity contribution is 5.62. The Morgan fingerprint density at radius 2 is 1.50 bits per heavy atom. The molecule has 0 saturated heterocycles. The van der Waals surface area contributed by atoms with Crippen molar-refractivity contribution in [1.82, 2.24) is 0 Å². The van der Waals surface area contributed by atoms with E-state index in [1.807, 2.05) is 6.07 Å². The third-order valence-corrected chi connectivity index (χ3v) is 4.51. The van der Waals surface area contributed by atoms with Crippen molar-refractivity contribution in [2.24, 2.45) is 0 Å². The molecule has 0 saturated carbocycles. The number of carbonyl (C=O) groups is 1. The van der Waals surface area contributed by atoms with Crippen LogP contribution in [0.5, 0.6) is 5.75 Å². The molecule has 1 aromatic carbocycles. The summed E-state index contributed by atoms with van der Waals surface area (Å²) in [5, 5.41) is 8.92. The predicted octanol–water partition coefficient (Wildman–Crippen LogP) is 6.77. The van der Waals surface area contributed by atoms with Crippen molar-refractivity contribution in [3.8, 4) is 5.75 Å². The molecule has 0 fully saturated rings. The van der Waals surface area contributed by atoms with Crippen molar-refractivity contribution in [1.29, 1.82) is 0 Å². The van der Waals surface area contributed by atoms with Crippen LogP contribution in [0.1, 0.15) is 89.2 Å². The van der Waals surface area contributed by atoms with E-state index in [0.717, 1.165) is 31.2 Å². The summed E-state index contributed by atoms with van der Waals surface area (Å²) in [5.41, 5.74) is 2.35. The van der Waals surface area contributed by atoms with Gasteiger partial charge in [-0.3, -0.25) is 0 Å². The van der Waals surface area contributed by atoms with Crippen LogP contribution in [0.25, 0.3) is 0 Å². The van der Waals surface area contributed by atoms with E-state index in [1.165, 1.54) is 56.9 Å². The first-order valence-electron chi connectivity index (χ1n) is 9.70.